The van der Waals surface area contributed by atoms with Crippen LogP contribution in [0.15, 0.2) is 40.6 Å². The lowest BCUT2D eigenvalue weighted by molar-refractivity contribution is -0.143. The molecule has 2 atom stereocenters. The number of hydrogen-bond acceptors (Lipinski definition) is 5. The molecule has 0 aliphatic carbocycles. The van der Waals surface area contributed by atoms with Gasteiger partial charge in [0, 0.05) is 27.9 Å². The van der Waals surface area contributed by atoms with Crippen LogP contribution in [0.5, 0.6) is 0 Å². The number of nitrogens with zero attached hydrogens (tertiary/aromatic N) is 1. The molecule has 1 aromatic carbocycles. The van der Waals surface area contributed by atoms with Gasteiger partial charge < -0.3 is 10.4 Å². The zero-order valence-electron chi connectivity index (χ0n) is 16.0. The summed E-state index contributed by atoms with van der Waals surface area (Å²) in [4.78, 5) is 25.5. The fourth-order valence-electron chi connectivity index (χ4n) is 3.50. The van der Waals surface area contributed by atoms with E-state index in [0.717, 1.165) is 9.18 Å². The summed E-state index contributed by atoms with van der Waals surface area (Å²) in [5, 5.41) is 14.2. The molecule has 1 aromatic heterocycles. The first-order valence-corrected chi connectivity index (χ1v) is 12.2. The van der Waals surface area contributed by atoms with Crippen LogP contribution in [0.4, 0.5) is 0 Å². The summed E-state index contributed by atoms with van der Waals surface area (Å²) >= 11 is 13.3. The van der Waals surface area contributed by atoms with E-state index in [9.17, 15) is 23.1 Å². The van der Waals surface area contributed by atoms with Gasteiger partial charge in [0.15, 0.2) is 0 Å². The molecule has 2 aromatic rings. The lowest BCUT2D eigenvalue weighted by Crippen LogP contribution is -2.58. The number of aliphatic carboxylic acids is 1. The van der Waals surface area contributed by atoms with E-state index in [4.69, 9.17) is 23.2 Å². The summed E-state index contributed by atoms with van der Waals surface area (Å²) in [5.41, 5.74) is -1.43. The largest absolute Gasteiger partial charge is 0.480 e. The average Bonchev–Trinajstić information content (AvgIpc) is 3.30. The van der Waals surface area contributed by atoms with E-state index in [2.05, 4.69) is 5.32 Å². The second-order valence-electron chi connectivity index (χ2n) is 7.21. The molecular weight excluding hydrogens is 471 g/mol. The molecule has 0 spiro atoms. The summed E-state index contributed by atoms with van der Waals surface area (Å²) in [6.07, 6.45) is 0.837. The number of carboxylic acids is 1. The minimum Gasteiger partial charge on any atom is -0.480 e. The van der Waals surface area contributed by atoms with Gasteiger partial charge in [-0.15, -0.1) is 11.3 Å². The molecular formula is C19H20Cl2N2O5S2. The molecule has 3 rings (SSSR count). The van der Waals surface area contributed by atoms with Gasteiger partial charge in [0.2, 0.25) is 15.9 Å². The first-order chi connectivity index (χ1) is 14.0. The van der Waals surface area contributed by atoms with Gasteiger partial charge in [-0.05, 0) is 49.4 Å². The van der Waals surface area contributed by atoms with E-state index in [-0.39, 0.29) is 34.3 Å². The van der Waals surface area contributed by atoms with Crippen LogP contribution in [-0.2, 0) is 26.0 Å². The SMILES string of the molecule is C[C@@]1(C(=O)N[C@@H](Cc2cccs2)C(=O)O)CCCN1S(=O)(=O)c1cc(Cl)cc(Cl)c1. The van der Waals surface area contributed by atoms with Gasteiger partial charge in [-0.3, -0.25) is 4.79 Å². The van der Waals surface area contributed by atoms with Crippen molar-refractivity contribution in [1.29, 1.82) is 0 Å². The predicted octanol–water partition coefficient (Wildman–Crippen LogP) is 3.41. The van der Waals surface area contributed by atoms with Crippen molar-refractivity contribution >= 4 is 56.4 Å². The maximum Gasteiger partial charge on any atom is 0.326 e. The van der Waals surface area contributed by atoms with Crippen LogP contribution >= 0.6 is 34.5 Å². The van der Waals surface area contributed by atoms with Crippen LogP contribution in [0, 0.1) is 0 Å². The molecule has 1 amide bonds. The number of sulfonamides is 1. The van der Waals surface area contributed by atoms with Crippen molar-refractivity contribution in [3.63, 3.8) is 0 Å². The Kier molecular flexibility index (Phi) is 6.78. The molecule has 1 saturated heterocycles. The number of halogens is 2. The lowest BCUT2D eigenvalue weighted by atomic mass is 9.98. The molecule has 2 N–H and O–H groups in total. The molecule has 0 bridgehead atoms. The van der Waals surface area contributed by atoms with Gasteiger partial charge in [0.05, 0.1) is 4.90 Å². The maximum absolute atomic E-state index is 13.2. The molecule has 11 heteroatoms. The molecule has 0 unspecified atom stereocenters. The highest BCUT2D eigenvalue weighted by Crippen LogP contribution is 2.36. The monoisotopic (exact) mass is 490 g/mol. The first kappa shape index (κ1) is 23.0. The number of benzene rings is 1. The molecule has 1 aliphatic heterocycles. The normalized spacial score (nSPS) is 20.8. The van der Waals surface area contributed by atoms with Crippen molar-refractivity contribution in [2.24, 2.45) is 0 Å². The van der Waals surface area contributed by atoms with E-state index in [1.165, 1.54) is 36.5 Å². The summed E-state index contributed by atoms with van der Waals surface area (Å²) in [5.74, 6) is -1.84. The molecule has 1 aliphatic rings. The Labute approximate surface area is 188 Å². The summed E-state index contributed by atoms with van der Waals surface area (Å²) < 4.78 is 27.6. The zero-order valence-corrected chi connectivity index (χ0v) is 19.1. The number of carboxylic acid groups (broad SMARTS) is 1. The van der Waals surface area contributed by atoms with Gasteiger partial charge in [-0.25, -0.2) is 13.2 Å². The van der Waals surface area contributed by atoms with E-state index >= 15 is 0 Å². The minimum atomic E-state index is -4.08. The lowest BCUT2D eigenvalue weighted by Gasteiger charge is -2.34. The number of amides is 1. The van der Waals surface area contributed by atoms with Gasteiger partial charge in [-0.1, -0.05) is 29.3 Å². The third-order valence-corrected chi connectivity index (χ3v) is 8.41. The number of carbonyl (C=O) groups is 2. The van der Waals surface area contributed by atoms with E-state index in [0.29, 0.717) is 6.42 Å². The molecule has 162 valence electrons. The van der Waals surface area contributed by atoms with Crippen LogP contribution in [0.1, 0.15) is 24.6 Å². The smallest absolute Gasteiger partial charge is 0.326 e. The van der Waals surface area contributed by atoms with Gasteiger partial charge in [0.1, 0.15) is 11.6 Å². The Morgan fingerprint density at radius 2 is 1.97 bits per heavy atom. The number of thiophene rings is 1. The Hall–Kier alpha value is -1.65. The zero-order chi connectivity index (χ0) is 22.1. The molecule has 1 fully saturated rings. The number of nitrogens with one attached hydrogen (secondary N) is 1. The van der Waals surface area contributed by atoms with E-state index in [1.807, 2.05) is 5.38 Å². The maximum atomic E-state index is 13.2. The second kappa shape index (κ2) is 8.84. The molecule has 0 radical (unpaired) electrons. The number of hydrogen-bond donors (Lipinski definition) is 2. The van der Waals surface area contributed by atoms with Crippen molar-refractivity contribution < 1.29 is 23.1 Å². The van der Waals surface area contributed by atoms with Gasteiger partial charge >= 0.3 is 5.97 Å². The quantitative estimate of drug-likeness (QED) is 0.618. The van der Waals surface area contributed by atoms with Crippen LogP contribution in [0.25, 0.3) is 0 Å². The van der Waals surface area contributed by atoms with Crippen LogP contribution < -0.4 is 5.32 Å². The molecule has 30 heavy (non-hydrogen) atoms. The third-order valence-electron chi connectivity index (χ3n) is 5.08. The minimum absolute atomic E-state index is 0.116. The molecule has 2 heterocycles. The Bertz CT molecular complexity index is 1040. The Balaban J connectivity index is 1.87. The highest BCUT2D eigenvalue weighted by molar-refractivity contribution is 7.89. The van der Waals surface area contributed by atoms with Crippen LogP contribution in [0.3, 0.4) is 0 Å². The highest BCUT2D eigenvalue weighted by atomic mass is 35.5. The Morgan fingerprint density at radius 1 is 1.30 bits per heavy atom. The first-order valence-electron chi connectivity index (χ1n) is 9.09. The van der Waals surface area contributed by atoms with Crippen molar-refractivity contribution in [2.45, 2.75) is 42.7 Å². The summed E-state index contributed by atoms with van der Waals surface area (Å²) in [6, 6.07) is 6.37. The van der Waals surface area contributed by atoms with Crippen LogP contribution in [0.2, 0.25) is 10.0 Å². The summed E-state index contributed by atoms with van der Waals surface area (Å²) in [6.45, 7) is 1.63. The van der Waals surface area contributed by atoms with Gasteiger partial charge in [-0.2, -0.15) is 4.31 Å². The average molecular weight is 491 g/mol. The molecule has 0 saturated carbocycles. The van der Waals surface area contributed by atoms with E-state index in [1.54, 1.807) is 12.1 Å². The number of carbonyl (C=O) groups excluding carboxylic acids is 1. The highest BCUT2D eigenvalue weighted by Gasteiger charge is 2.50. The fraction of sp³-hybridized carbons (Fsp3) is 0.368. The fourth-order valence-corrected chi connectivity index (χ4v) is 6.79. The van der Waals surface area contributed by atoms with Crippen molar-refractivity contribution in [3.8, 4) is 0 Å². The molecule has 7 nitrogen and oxygen atoms in total. The van der Waals surface area contributed by atoms with E-state index < -0.39 is 33.5 Å². The Morgan fingerprint density at radius 3 is 2.53 bits per heavy atom. The van der Waals surface area contributed by atoms with Crippen LogP contribution in [-0.4, -0.2) is 47.8 Å². The van der Waals surface area contributed by atoms with Crippen molar-refractivity contribution in [3.05, 3.63) is 50.6 Å². The topological polar surface area (TPSA) is 104 Å². The van der Waals surface area contributed by atoms with Crippen molar-refractivity contribution in [2.75, 3.05) is 6.54 Å². The third kappa shape index (κ3) is 4.65. The predicted molar refractivity (Wildman–Crippen MR) is 116 cm³/mol. The number of rotatable bonds is 7. The standard InChI is InChI=1S/C19H20Cl2N2O5S2/c1-19(18(26)22-16(17(24)25)11-14-4-2-7-29-14)5-3-6-23(19)30(27,28)15-9-12(20)8-13(21)10-15/h2,4,7-10,16H,3,5-6,11H2,1H3,(H,22,26)(H,24,25)/t16-,19-/m0/s1. The van der Waals surface area contributed by atoms with Gasteiger partial charge in [0.25, 0.3) is 0 Å². The second-order valence-corrected chi connectivity index (χ2v) is 11.0. The summed E-state index contributed by atoms with van der Waals surface area (Å²) in [7, 11) is -4.08. The van der Waals surface area contributed by atoms with Crippen molar-refractivity contribution in [1.82, 2.24) is 9.62 Å².